The van der Waals surface area contributed by atoms with Gasteiger partial charge in [0.25, 0.3) is 5.91 Å². The van der Waals surface area contributed by atoms with Gasteiger partial charge in [0.05, 0.1) is 7.11 Å². The molecule has 0 heterocycles. The normalized spacial score (nSPS) is 14.9. The topological polar surface area (TPSA) is 64.6 Å². The van der Waals surface area contributed by atoms with E-state index in [-0.39, 0.29) is 12.5 Å². The number of esters is 1. The van der Waals surface area contributed by atoms with Crippen molar-refractivity contribution in [2.75, 3.05) is 26.5 Å². The van der Waals surface area contributed by atoms with E-state index < -0.39 is 5.97 Å². The van der Waals surface area contributed by atoms with Crippen LogP contribution in [0, 0.1) is 5.92 Å². The molecule has 0 aromatic heterocycles. The first-order valence-corrected chi connectivity index (χ1v) is 9.52. The number of ether oxygens (including phenoxy) is 2. The predicted molar refractivity (Wildman–Crippen MR) is 94.6 cm³/mol. The van der Waals surface area contributed by atoms with Crippen LogP contribution in [-0.2, 0) is 9.53 Å². The molecule has 6 heteroatoms. The van der Waals surface area contributed by atoms with Gasteiger partial charge in [0.15, 0.2) is 6.61 Å². The summed E-state index contributed by atoms with van der Waals surface area (Å²) in [4.78, 5) is 25.0. The maximum atomic E-state index is 12.1. The monoisotopic (exact) mass is 351 g/mol. The van der Waals surface area contributed by atoms with E-state index in [0.717, 1.165) is 4.90 Å². The van der Waals surface area contributed by atoms with Gasteiger partial charge >= 0.3 is 5.97 Å². The van der Waals surface area contributed by atoms with E-state index in [1.807, 2.05) is 12.3 Å². The van der Waals surface area contributed by atoms with Gasteiger partial charge in [-0.1, -0.05) is 19.3 Å². The maximum absolute atomic E-state index is 12.1. The first-order chi connectivity index (χ1) is 11.6. The highest BCUT2D eigenvalue weighted by atomic mass is 32.2. The number of rotatable bonds is 7. The van der Waals surface area contributed by atoms with Gasteiger partial charge in [-0.3, -0.25) is 4.79 Å². The van der Waals surface area contributed by atoms with Gasteiger partial charge in [-0.05, 0) is 43.2 Å². The lowest BCUT2D eigenvalue weighted by Crippen LogP contribution is -2.33. The average molecular weight is 351 g/mol. The fraction of sp³-hybridized carbons (Fsp3) is 0.556. The molecule has 1 aromatic rings. The Morgan fingerprint density at radius 3 is 2.67 bits per heavy atom. The van der Waals surface area contributed by atoms with Gasteiger partial charge < -0.3 is 14.8 Å². The summed E-state index contributed by atoms with van der Waals surface area (Å²) < 4.78 is 10.3. The van der Waals surface area contributed by atoms with Crippen LogP contribution in [-0.4, -0.2) is 38.4 Å². The van der Waals surface area contributed by atoms with Gasteiger partial charge in [-0.2, -0.15) is 0 Å². The molecule has 0 radical (unpaired) electrons. The molecule has 0 spiro atoms. The molecule has 1 fully saturated rings. The van der Waals surface area contributed by atoms with Crippen molar-refractivity contribution in [3.8, 4) is 5.75 Å². The van der Waals surface area contributed by atoms with E-state index in [1.54, 1.807) is 23.9 Å². The number of hydrogen-bond acceptors (Lipinski definition) is 5. The zero-order valence-electron chi connectivity index (χ0n) is 14.3. The highest BCUT2D eigenvalue weighted by Gasteiger charge is 2.17. The SMILES string of the molecule is COc1cc(SC)ccc1C(=O)OCC(=O)NCC1CCCCC1. The Balaban J connectivity index is 1.80. The van der Waals surface area contributed by atoms with Crippen molar-refractivity contribution in [1.29, 1.82) is 0 Å². The van der Waals surface area contributed by atoms with E-state index in [1.165, 1.54) is 39.2 Å². The van der Waals surface area contributed by atoms with Crippen molar-refractivity contribution in [2.45, 2.75) is 37.0 Å². The van der Waals surface area contributed by atoms with Crippen LogP contribution in [0.25, 0.3) is 0 Å². The summed E-state index contributed by atoms with van der Waals surface area (Å²) in [5.41, 5.74) is 0.329. The van der Waals surface area contributed by atoms with Crippen LogP contribution in [0.15, 0.2) is 23.1 Å². The predicted octanol–water partition coefficient (Wildman–Crippen LogP) is 3.27. The number of amides is 1. The minimum Gasteiger partial charge on any atom is -0.496 e. The molecule has 0 bridgehead atoms. The molecule has 1 N–H and O–H groups in total. The Kier molecular flexibility index (Phi) is 7.43. The Morgan fingerprint density at radius 2 is 2.00 bits per heavy atom. The molecule has 1 aromatic carbocycles. The van der Waals surface area contributed by atoms with Gasteiger partial charge in [0.1, 0.15) is 11.3 Å². The van der Waals surface area contributed by atoms with E-state index in [9.17, 15) is 9.59 Å². The molecule has 132 valence electrons. The number of carbonyl (C=O) groups excluding carboxylic acids is 2. The zero-order chi connectivity index (χ0) is 17.4. The first kappa shape index (κ1) is 18.6. The van der Waals surface area contributed by atoms with Gasteiger partial charge in [0.2, 0.25) is 0 Å². The van der Waals surface area contributed by atoms with Crippen molar-refractivity contribution in [2.24, 2.45) is 5.92 Å². The van der Waals surface area contributed by atoms with Crippen molar-refractivity contribution in [3.05, 3.63) is 23.8 Å². The third-order valence-electron chi connectivity index (χ3n) is 4.28. The Hall–Kier alpha value is -1.69. The Morgan fingerprint density at radius 1 is 1.25 bits per heavy atom. The number of carbonyl (C=O) groups is 2. The molecule has 0 aliphatic heterocycles. The van der Waals surface area contributed by atoms with Crippen LogP contribution < -0.4 is 10.1 Å². The summed E-state index contributed by atoms with van der Waals surface area (Å²) in [7, 11) is 1.51. The summed E-state index contributed by atoms with van der Waals surface area (Å²) in [5.74, 6) is 0.202. The highest BCUT2D eigenvalue weighted by molar-refractivity contribution is 7.98. The quantitative estimate of drug-likeness (QED) is 0.603. The Bertz CT molecular complexity index is 570. The average Bonchev–Trinajstić information content (AvgIpc) is 2.64. The highest BCUT2D eigenvalue weighted by Crippen LogP contribution is 2.26. The fourth-order valence-corrected chi connectivity index (χ4v) is 3.31. The van der Waals surface area contributed by atoms with Crippen molar-refractivity contribution < 1.29 is 19.1 Å². The molecular weight excluding hydrogens is 326 g/mol. The molecular formula is C18H25NO4S. The van der Waals surface area contributed by atoms with Gasteiger partial charge in [-0.25, -0.2) is 4.79 Å². The van der Waals surface area contributed by atoms with Crippen LogP contribution >= 0.6 is 11.8 Å². The fourth-order valence-electron chi connectivity index (χ4n) is 2.88. The number of nitrogens with one attached hydrogen (secondary N) is 1. The molecule has 5 nitrogen and oxygen atoms in total. The van der Waals surface area contributed by atoms with Crippen LogP contribution in [0.4, 0.5) is 0 Å². The van der Waals surface area contributed by atoms with Crippen LogP contribution in [0.3, 0.4) is 0 Å². The lowest BCUT2D eigenvalue weighted by atomic mass is 9.89. The summed E-state index contributed by atoms with van der Waals surface area (Å²) in [6.07, 6.45) is 8.05. The summed E-state index contributed by atoms with van der Waals surface area (Å²) >= 11 is 1.56. The lowest BCUT2D eigenvalue weighted by Gasteiger charge is -2.21. The number of hydrogen-bond donors (Lipinski definition) is 1. The second kappa shape index (κ2) is 9.57. The van der Waals surface area contributed by atoms with Crippen molar-refractivity contribution in [1.82, 2.24) is 5.32 Å². The van der Waals surface area contributed by atoms with Crippen LogP contribution in [0.2, 0.25) is 0 Å². The standard InChI is InChI=1S/C18H25NO4S/c1-22-16-10-14(24-2)8-9-15(16)18(21)23-12-17(20)19-11-13-6-4-3-5-7-13/h8-10,13H,3-7,11-12H2,1-2H3,(H,19,20). The molecule has 1 aliphatic rings. The van der Waals surface area contributed by atoms with Crippen LogP contribution in [0.1, 0.15) is 42.5 Å². The molecule has 1 saturated carbocycles. The zero-order valence-corrected chi connectivity index (χ0v) is 15.1. The van der Waals surface area contributed by atoms with E-state index in [0.29, 0.717) is 23.8 Å². The minimum atomic E-state index is -0.549. The first-order valence-electron chi connectivity index (χ1n) is 8.30. The lowest BCUT2D eigenvalue weighted by molar-refractivity contribution is -0.124. The molecule has 1 amide bonds. The van der Waals surface area contributed by atoms with Gasteiger partial charge in [-0.15, -0.1) is 11.8 Å². The van der Waals surface area contributed by atoms with E-state index in [2.05, 4.69) is 5.32 Å². The molecule has 2 rings (SSSR count). The Labute approximate surface area is 147 Å². The second-order valence-corrected chi connectivity index (χ2v) is 6.83. The molecule has 1 aliphatic carbocycles. The molecule has 24 heavy (non-hydrogen) atoms. The minimum absolute atomic E-state index is 0.256. The third-order valence-corrected chi connectivity index (χ3v) is 5.00. The number of methoxy groups -OCH3 is 1. The maximum Gasteiger partial charge on any atom is 0.342 e. The molecule has 0 atom stereocenters. The van der Waals surface area contributed by atoms with E-state index >= 15 is 0 Å². The van der Waals surface area contributed by atoms with E-state index in [4.69, 9.17) is 9.47 Å². The third kappa shape index (κ3) is 5.44. The number of thioether (sulfide) groups is 1. The van der Waals surface area contributed by atoms with Crippen molar-refractivity contribution >= 4 is 23.6 Å². The largest absolute Gasteiger partial charge is 0.496 e. The smallest absolute Gasteiger partial charge is 0.342 e. The number of benzene rings is 1. The summed E-state index contributed by atoms with van der Waals surface area (Å²) in [6, 6.07) is 5.27. The summed E-state index contributed by atoms with van der Waals surface area (Å²) in [6.45, 7) is 0.404. The molecule has 0 saturated heterocycles. The van der Waals surface area contributed by atoms with Gasteiger partial charge in [0, 0.05) is 11.4 Å². The second-order valence-electron chi connectivity index (χ2n) is 5.95. The van der Waals surface area contributed by atoms with Crippen molar-refractivity contribution in [3.63, 3.8) is 0 Å². The van der Waals surface area contributed by atoms with Crippen LogP contribution in [0.5, 0.6) is 5.75 Å². The summed E-state index contributed by atoms with van der Waals surface area (Å²) in [5, 5.41) is 2.86. The molecule has 0 unspecified atom stereocenters.